The zero-order valence-corrected chi connectivity index (χ0v) is 18.9. The first-order chi connectivity index (χ1) is 15.0. The average Bonchev–Trinajstić information content (AvgIpc) is 2.74. The van der Waals surface area contributed by atoms with Gasteiger partial charge in [-0.05, 0) is 106 Å². The van der Waals surface area contributed by atoms with E-state index in [-0.39, 0.29) is 17.2 Å². The van der Waals surface area contributed by atoms with Gasteiger partial charge in [-0.2, -0.15) is 0 Å². The van der Waals surface area contributed by atoms with E-state index in [2.05, 4.69) is 16.0 Å². The van der Waals surface area contributed by atoms with Crippen LogP contribution in [0.2, 0.25) is 0 Å². The van der Waals surface area contributed by atoms with Gasteiger partial charge in [0.2, 0.25) is 5.91 Å². The van der Waals surface area contributed by atoms with Crippen molar-refractivity contribution in [2.24, 2.45) is 23.2 Å². The summed E-state index contributed by atoms with van der Waals surface area (Å²) in [7, 11) is 0. The molecule has 5 aliphatic carbocycles. The molecule has 5 nitrogen and oxygen atoms in total. The number of amides is 2. The van der Waals surface area contributed by atoms with Crippen molar-refractivity contribution < 1.29 is 9.59 Å². The van der Waals surface area contributed by atoms with E-state index in [1.807, 2.05) is 24.3 Å². The molecule has 5 aliphatic rings. The molecule has 0 aliphatic heterocycles. The lowest BCUT2D eigenvalue weighted by molar-refractivity contribution is -0.144. The quantitative estimate of drug-likeness (QED) is 0.591. The van der Waals surface area contributed by atoms with Crippen molar-refractivity contribution in [3.8, 4) is 0 Å². The van der Waals surface area contributed by atoms with Crippen molar-refractivity contribution in [2.75, 3.05) is 5.32 Å². The van der Waals surface area contributed by atoms with Crippen LogP contribution >= 0.6 is 12.2 Å². The minimum Gasteiger partial charge on any atom is -0.349 e. The molecule has 0 saturated heterocycles. The van der Waals surface area contributed by atoms with Crippen LogP contribution in [0.15, 0.2) is 24.3 Å². The zero-order chi connectivity index (χ0) is 21.4. The number of rotatable bonds is 4. The summed E-state index contributed by atoms with van der Waals surface area (Å²) in [6, 6.07) is 7.61. The maximum Gasteiger partial charge on any atom is 0.251 e. The Balaban J connectivity index is 1.14. The third-order valence-electron chi connectivity index (χ3n) is 8.09. The number of hydrogen-bond donors (Lipinski definition) is 3. The molecule has 2 amide bonds. The average molecular weight is 440 g/mol. The van der Waals surface area contributed by atoms with E-state index in [9.17, 15) is 9.59 Å². The molecule has 0 aromatic heterocycles. The molecule has 0 radical (unpaired) electrons. The normalized spacial score (nSPS) is 31.8. The van der Waals surface area contributed by atoms with Crippen LogP contribution in [0, 0.1) is 23.2 Å². The highest BCUT2D eigenvalue weighted by atomic mass is 32.1. The summed E-state index contributed by atoms with van der Waals surface area (Å²) < 4.78 is 0. The number of anilines is 1. The maximum atomic E-state index is 13.1. The third-order valence-corrected chi connectivity index (χ3v) is 8.30. The Morgan fingerprint density at radius 3 is 2.03 bits per heavy atom. The molecule has 0 spiro atoms. The number of thiocarbonyl (C=S) groups is 1. The molecule has 0 atom stereocenters. The lowest BCUT2D eigenvalue weighted by atomic mass is 9.49. The number of nitrogens with one attached hydrogen (secondary N) is 3. The van der Waals surface area contributed by atoms with Crippen molar-refractivity contribution >= 4 is 34.8 Å². The Bertz CT molecular complexity index is 825. The third kappa shape index (κ3) is 4.50. The molecule has 5 saturated carbocycles. The first-order valence-electron chi connectivity index (χ1n) is 12.0. The highest BCUT2D eigenvalue weighted by molar-refractivity contribution is 7.80. The van der Waals surface area contributed by atoms with Crippen LogP contribution in [0.25, 0.3) is 0 Å². The smallest absolute Gasteiger partial charge is 0.251 e. The van der Waals surface area contributed by atoms with Gasteiger partial charge in [0.05, 0.1) is 5.41 Å². The van der Waals surface area contributed by atoms with Gasteiger partial charge in [-0.15, -0.1) is 0 Å². The molecule has 6 rings (SSSR count). The van der Waals surface area contributed by atoms with Gasteiger partial charge >= 0.3 is 0 Å². The molecule has 5 fully saturated rings. The zero-order valence-electron chi connectivity index (χ0n) is 18.1. The minimum atomic E-state index is -0.207. The highest BCUT2D eigenvalue weighted by Gasteiger charge is 2.54. The molecule has 3 N–H and O–H groups in total. The fourth-order valence-corrected chi connectivity index (χ4v) is 7.22. The summed E-state index contributed by atoms with van der Waals surface area (Å²) in [4.78, 5) is 25.6. The van der Waals surface area contributed by atoms with Crippen molar-refractivity contribution in [1.29, 1.82) is 0 Å². The first kappa shape index (κ1) is 20.9. The summed E-state index contributed by atoms with van der Waals surface area (Å²) >= 11 is 5.44. The monoisotopic (exact) mass is 439 g/mol. The van der Waals surface area contributed by atoms with Gasteiger partial charge in [-0.3, -0.25) is 9.59 Å². The molecule has 166 valence electrons. The number of hydrogen-bond acceptors (Lipinski definition) is 3. The van der Waals surface area contributed by atoms with Crippen LogP contribution in [0.3, 0.4) is 0 Å². The van der Waals surface area contributed by atoms with Gasteiger partial charge < -0.3 is 16.0 Å². The van der Waals surface area contributed by atoms with Crippen molar-refractivity contribution in [2.45, 2.75) is 76.7 Å². The number of carbonyl (C=O) groups is 2. The molecule has 4 bridgehead atoms. The Morgan fingerprint density at radius 1 is 0.871 bits per heavy atom. The second-order valence-corrected chi connectivity index (χ2v) is 10.9. The Morgan fingerprint density at radius 2 is 1.45 bits per heavy atom. The van der Waals surface area contributed by atoms with Gasteiger partial charge in [0, 0.05) is 17.3 Å². The standard InChI is InChI=1S/C25H33N3O2S/c29-22(26-20-4-2-1-3-5-20)19-6-8-21(9-7-19)27-24(31)28-23(30)25-13-16-10-17(14-25)12-18(11-16)15-25/h6-9,16-18,20H,1-5,10-15H2,(H,26,29)(H2,27,28,30,31). The van der Waals surface area contributed by atoms with E-state index in [0.717, 1.165) is 55.5 Å². The largest absolute Gasteiger partial charge is 0.349 e. The van der Waals surface area contributed by atoms with Crippen LogP contribution in [0.4, 0.5) is 5.69 Å². The summed E-state index contributed by atoms with van der Waals surface area (Å²) in [5.74, 6) is 2.27. The van der Waals surface area contributed by atoms with E-state index in [1.165, 1.54) is 38.5 Å². The van der Waals surface area contributed by atoms with Crippen molar-refractivity contribution in [3.63, 3.8) is 0 Å². The summed E-state index contributed by atoms with van der Waals surface area (Å²) in [6.45, 7) is 0. The van der Waals surface area contributed by atoms with Crippen LogP contribution in [-0.4, -0.2) is 23.0 Å². The van der Waals surface area contributed by atoms with Crippen LogP contribution in [-0.2, 0) is 4.79 Å². The molecule has 31 heavy (non-hydrogen) atoms. The highest BCUT2D eigenvalue weighted by Crippen LogP contribution is 2.60. The summed E-state index contributed by atoms with van der Waals surface area (Å²) in [5, 5.41) is 9.59. The molecule has 1 aromatic carbocycles. The van der Waals surface area contributed by atoms with E-state index < -0.39 is 0 Å². The van der Waals surface area contributed by atoms with E-state index in [1.54, 1.807) is 0 Å². The van der Waals surface area contributed by atoms with Crippen molar-refractivity contribution in [1.82, 2.24) is 10.6 Å². The fourth-order valence-electron chi connectivity index (χ4n) is 7.01. The van der Waals surface area contributed by atoms with E-state index >= 15 is 0 Å². The van der Waals surface area contributed by atoms with E-state index in [4.69, 9.17) is 12.2 Å². The molecular weight excluding hydrogens is 406 g/mol. The van der Waals surface area contributed by atoms with E-state index in [0.29, 0.717) is 16.7 Å². The Kier molecular flexibility index (Phi) is 5.76. The molecule has 6 heteroatoms. The fraction of sp³-hybridized carbons (Fsp3) is 0.640. The van der Waals surface area contributed by atoms with Gasteiger partial charge in [-0.1, -0.05) is 19.3 Å². The molecule has 0 heterocycles. The summed E-state index contributed by atoms with van der Waals surface area (Å²) in [5.41, 5.74) is 1.23. The second kappa shape index (κ2) is 8.53. The van der Waals surface area contributed by atoms with Gasteiger partial charge in [0.1, 0.15) is 0 Å². The Labute approximate surface area is 190 Å². The second-order valence-electron chi connectivity index (χ2n) is 10.5. The lowest BCUT2D eigenvalue weighted by Crippen LogP contribution is -2.55. The molecule has 1 aromatic rings. The number of benzene rings is 1. The van der Waals surface area contributed by atoms with Gasteiger partial charge in [0.15, 0.2) is 5.11 Å². The van der Waals surface area contributed by atoms with Gasteiger partial charge in [-0.25, -0.2) is 0 Å². The maximum absolute atomic E-state index is 13.1. The topological polar surface area (TPSA) is 70.2 Å². The van der Waals surface area contributed by atoms with Gasteiger partial charge in [0.25, 0.3) is 5.91 Å². The van der Waals surface area contributed by atoms with Crippen LogP contribution in [0.1, 0.15) is 81.0 Å². The van der Waals surface area contributed by atoms with Crippen molar-refractivity contribution in [3.05, 3.63) is 29.8 Å². The predicted octanol–water partition coefficient (Wildman–Crippen LogP) is 4.78. The van der Waals surface area contributed by atoms with Crippen LogP contribution < -0.4 is 16.0 Å². The predicted molar refractivity (Wildman–Crippen MR) is 126 cm³/mol. The van der Waals surface area contributed by atoms with Crippen LogP contribution in [0.5, 0.6) is 0 Å². The first-order valence-corrected chi connectivity index (χ1v) is 12.4. The summed E-state index contributed by atoms with van der Waals surface area (Å²) in [6.07, 6.45) is 12.8. The number of carbonyl (C=O) groups excluding carboxylic acids is 2. The minimum absolute atomic E-state index is 0.0175. The molecular formula is C25H33N3O2S. The SMILES string of the molecule is O=C(NC1CCCCC1)c1ccc(NC(=S)NC(=O)C23CC4CC(CC(C4)C2)C3)cc1. The lowest BCUT2D eigenvalue weighted by Gasteiger charge is -2.55. The Hall–Kier alpha value is -1.95. The molecule has 0 unspecified atom stereocenters.